The van der Waals surface area contributed by atoms with Crippen molar-refractivity contribution in [3.8, 4) is 0 Å². The number of esters is 1. The average Bonchev–Trinajstić information content (AvgIpc) is 2.86. The zero-order chi connectivity index (χ0) is 10.8. The van der Waals surface area contributed by atoms with Crippen molar-refractivity contribution < 1.29 is 18.8 Å². The fourth-order valence-corrected chi connectivity index (χ4v) is 1.36. The lowest BCUT2D eigenvalue weighted by Gasteiger charge is -1.93. The van der Waals surface area contributed by atoms with Gasteiger partial charge in [-0.25, -0.2) is 4.79 Å². The van der Waals surface area contributed by atoms with Gasteiger partial charge in [-0.2, -0.15) is 4.98 Å². The van der Waals surface area contributed by atoms with E-state index >= 15 is 0 Å². The van der Waals surface area contributed by atoms with E-state index < -0.39 is 5.97 Å². The van der Waals surface area contributed by atoms with E-state index in [-0.39, 0.29) is 17.8 Å². The van der Waals surface area contributed by atoms with Gasteiger partial charge in [-0.1, -0.05) is 0 Å². The predicted octanol–water partition coefficient (Wildman–Crippen LogP) is 0.749. The lowest BCUT2D eigenvalue weighted by Crippen LogP contribution is -2.06. The lowest BCUT2D eigenvalue weighted by molar-refractivity contribution is 0.0508. The van der Waals surface area contributed by atoms with Crippen LogP contribution in [0.25, 0.3) is 0 Å². The van der Waals surface area contributed by atoms with Crippen LogP contribution in [0.5, 0.6) is 0 Å². The second kappa shape index (κ2) is 3.98. The molecule has 1 aliphatic carbocycles. The summed E-state index contributed by atoms with van der Waals surface area (Å²) in [7, 11) is 1.63. The van der Waals surface area contributed by atoms with Crippen LogP contribution in [-0.2, 0) is 9.47 Å². The Balaban J connectivity index is 2.02. The summed E-state index contributed by atoms with van der Waals surface area (Å²) in [6.45, 7) is 2.02. The molecule has 82 valence electrons. The Labute approximate surface area is 86.6 Å². The van der Waals surface area contributed by atoms with Crippen LogP contribution in [-0.4, -0.2) is 35.9 Å². The molecule has 6 nitrogen and oxygen atoms in total. The van der Waals surface area contributed by atoms with Crippen LogP contribution < -0.4 is 0 Å². The first-order valence-electron chi connectivity index (χ1n) is 4.79. The minimum atomic E-state index is -0.554. The summed E-state index contributed by atoms with van der Waals surface area (Å²) < 4.78 is 14.8. The van der Waals surface area contributed by atoms with Gasteiger partial charge in [0.2, 0.25) is 5.89 Å². The van der Waals surface area contributed by atoms with Crippen LogP contribution >= 0.6 is 0 Å². The van der Waals surface area contributed by atoms with E-state index in [1.165, 1.54) is 0 Å². The molecule has 1 aromatic heterocycles. The molecule has 2 rings (SSSR count). The van der Waals surface area contributed by atoms with E-state index in [0.717, 1.165) is 6.42 Å². The van der Waals surface area contributed by atoms with Gasteiger partial charge in [0.15, 0.2) is 0 Å². The number of methoxy groups -OCH3 is 1. The third-order valence-electron chi connectivity index (χ3n) is 2.25. The summed E-state index contributed by atoms with van der Waals surface area (Å²) >= 11 is 0. The van der Waals surface area contributed by atoms with Crippen LogP contribution in [0, 0.1) is 0 Å². The Hall–Kier alpha value is -1.43. The Morgan fingerprint density at radius 2 is 2.47 bits per heavy atom. The topological polar surface area (TPSA) is 74.5 Å². The maximum Gasteiger partial charge on any atom is 0.379 e. The molecule has 2 unspecified atom stereocenters. The molecule has 0 aromatic carbocycles. The molecule has 0 bridgehead atoms. The fourth-order valence-electron chi connectivity index (χ4n) is 1.36. The summed E-state index contributed by atoms with van der Waals surface area (Å²) in [5, 5.41) is 3.55. The van der Waals surface area contributed by atoms with E-state index in [0.29, 0.717) is 12.5 Å². The molecule has 1 fully saturated rings. The van der Waals surface area contributed by atoms with Crippen LogP contribution in [0.4, 0.5) is 0 Å². The molecule has 0 saturated heterocycles. The van der Waals surface area contributed by atoms with Gasteiger partial charge < -0.3 is 14.0 Å². The van der Waals surface area contributed by atoms with Gasteiger partial charge >= 0.3 is 5.97 Å². The number of carbonyl (C=O) groups is 1. The molecule has 0 amide bonds. The number of hydrogen-bond acceptors (Lipinski definition) is 6. The third kappa shape index (κ3) is 1.99. The maximum absolute atomic E-state index is 11.2. The predicted molar refractivity (Wildman–Crippen MR) is 48.4 cm³/mol. The zero-order valence-corrected chi connectivity index (χ0v) is 8.60. The summed E-state index contributed by atoms with van der Waals surface area (Å²) in [5.41, 5.74) is 0. The van der Waals surface area contributed by atoms with E-state index in [1.54, 1.807) is 14.0 Å². The van der Waals surface area contributed by atoms with Crippen molar-refractivity contribution in [2.75, 3.05) is 13.7 Å². The van der Waals surface area contributed by atoms with Crippen LogP contribution in [0.15, 0.2) is 4.52 Å². The van der Waals surface area contributed by atoms with Crippen molar-refractivity contribution in [1.82, 2.24) is 10.1 Å². The Morgan fingerprint density at radius 3 is 3.07 bits per heavy atom. The zero-order valence-electron chi connectivity index (χ0n) is 8.60. The molecule has 15 heavy (non-hydrogen) atoms. The van der Waals surface area contributed by atoms with Gasteiger partial charge in [-0.3, -0.25) is 0 Å². The fraction of sp³-hybridized carbons (Fsp3) is 0.667. The van der Waals surface area contributed by atoms with Gasteiger partial charge in [0, 0.05) is 7.11 Å². The first-order valence-corrected chi connectivity index (χ1v) is 4.79. The molecule has 6 heteroatoms. The van der Waals surface area contributed by atoms with Gasteiger partial charge in [0.25, 0.3) is 5.82 Å². The highest BCUT2D eigenvalue weighted by Gasteiger charge is 2.43. The second-order valence-corrected chi connectivity index (χ2v) is 3.29. The van der Waals surface area contributed by atoms with Crippen molar-refractivity contribution in [1.29, 1.82) is 0 Å². The van der Waals surface area contributed by atoms with E-state index in [9.17, 15) is 4.79 Å². The van der Waals surface area contributed by atoms with Gasteiger partial charge in [-0.15, -0.1) is 0 Å². The first kappa shape index (κ1) is 10.1. The van der Waals surface area contributed by atoms with Crippen LogP contribution in [0.1, 0.15) is 35.8 Å². The summed E-state index contributed by atoms with van der Waals surface area (Å²) in [5.74, 6) is 0.00583. The molecule has 1 aliphatic rings. The Kier molecular flexibility index (Phi) is 2.68. The van der Waals surface area contributed by atoms with E-state index in [1.807, 2.05) is 0 Å². The summed E-state index contributed by atoms with van der Waals surface area (Å²) in [6.07, 6.45) is 1.00. The lowest BCUT2D eigenvalue weighted by atomic mass is 10.4. The highest BCUT2D eigenvalue weighted by molar-refractivity contribution is 5.84. The van der Waals surface area contributed by atoms with Crippen LogP contribution in [0.3, 0.4) is 0 Å². The van der Waals surface area contributed by atoms with Gasteiger partial charge in [0.05, 0.1) is 18.6 Å². The molecular formula is C9H12N2O4. The van der Waals surface area contributed by atoms with Crippen molar-refractivity contribution in [2.24, 2.45) is 0 Å². The highest BCUT2D eigenvalue weighted by Crippen LogP contribution is 2.41. The summed E-state index contributed by atoms with van der Waals surface area (Å²) in [6, 6.07) is 0. The van der Waals surface area contributed by atoms with Gasteiger partial charge in [-0.05, 0) is 18.5 Å². The largest absolute Gasteiger partial charge is 0.460 e. The van der Waals surface area contributed by atoms with Gasteiger partial charge in [0.1, 0.15) is 0 Å². The smallest absolute Gasteiger partial charge is 0.379 e. The number of aromatic nitrogens is 2. The molecule has 2 atom stereocenters. The Bertz CT molecular complexity index is 363. The van der Waals surface area contributed by atoms with Crippen molar-refractivity contribution in [2.45, 2.75) is 25.4 Å². The minimum absolute atomic E-state index is 0.0198. The molecule has 0 radical (unpaired) electrons. The number of nitrogens with zero attached hydrogens (tertiary/aromatic N) is 2. The molecule has 1 heterocycles. The SMILES string of the molecule is CCOC(=O)c1noc(C2CC2OC)n1. The van der Waals surface area contributed by atoms with E-state index in [4.69, 9.17) is 14.0 Å². The number of carbonyl (C=O) groups excluding carboxylic acids is 1. The average molecular weight is 212 g/mol. The molecule has 0 aliphatic heterocycles. The Morgan fingerprint density at radius 1 is 1.67 bits per heavy atom. The molecular weight excluding hydrogens is 200 g/mol. The minimum Gasteiger partial charge on any atom is -0.460 e. The van der Waals surface area contributed by atoms with E-state index in [2.05, 4.69) is 10.1 Å². The standard InChI is InChI=1S/C9H12N2O4/c1-3-14-9(12)7-10-8(15-11-7)5-4-6(5)13-2/h5-6H,3-4H2,1-2H3. The van der Waals surface area contributed by atoms with Crippen molar-refractivity contribution in [3.05, 3.63) is 11.7 Å². The second-order valence-electron chi connectivity index (χ2n) is 3.29. The normalized spacial score (nSPS) is 23.9. The maximum atomic E-state index is 11.2. The quantitative estimate of drug-likeness (QED) is 0.685. The number of rotatable bonds is 4. The number of hydrogen-bond donors (Lipinski definition) is 0. The molecule has 0 N–H and O–H groups in total. The first-order chi connectivity index (χ1) is 7.26. The highest BCUT2D eigenvalue weighted by atomic mass is 16.5. The molecule has 1 saturated carbocycles. The monoisotopic (exact) mass is 212 g/mol. The van der Waals surface area contributed by atoms with Crippen molar-refractivity contribution in [3.63, 3.8) is 0 Å². The molecule has 0 spiro atoms. The number of ether oxygens (including phenoxy) is 2. The van der Waals surface area contributed by atoms with Crippen molar-refractivity contribution >= 4 is 5.97 Å². The molecule has 1 aromatic rings. The van der Waals surface area contributed by atoms with Crippen LogP contribution in [0.2, 0.25) is 0 Å². The third-order valence-corrected chi connectivity index (χ3v) is 2.25. The summed E-state index contributed by atoms with van der Waals surface area (Å²) in [4.78, 5) is 15.2.